The van der Waals surface area contributed by atoms with Crippen LogP contribution in [0.3, 0.4) is 0 Å². The average Bonchev–Trinajstić information content (AvgIpc) is 2.42. The molecule has 114 valence electrons. The number of halogens is 1. The van der Waals surface area contributed by atoms with Gasteiger partial charge in [-0.15, -0.1) is 0 Å². The number of rotatable bonds is 5. The Morgan fingerprint density at radius 1 is 1.00 bits per heavy atom. The first kappa shape index (κ1) is 17.2. The molecule has 0 saturated carbocycles. The smallest absolute Gasteiger partial charge is 0.351 e. The molecule has 1 aromatic carbocycles. The molecule has 0 radical (unpaired) electrons. The van der Waals surface area contributed by atoms with Crippen molar-refractivity contribution in [2.45, 2.75) is 26.1 Å². The van der Waals surface area contributed by atoms with E-state index in [4.69, 9.17) is 9.47 Å². The number of methoxy groups -OCH3 is 1. The number of hydrogen-bond acceptors (Lipinski definition) is 6. The molecule has 7 heteroatoms. The molecule has 0 aliphatic rings. The van der Waals surface area contributed by atoms with Crippen molar-refractivity contribution in [3.05, 3.63) is 34.3 Å². The van der Waals surface area contributed by atoms with Gasteiger partial charge in [-0.3, -0.25) is 9.59 Å². The number of esters is 3. The Hall–Kier alpha value is -1.89. The fourth-order valence-corrected chi connectivity index (χ4v) is 1.93. The summed E-state index contributed by atoms with van der Waals surface area (Å²) in [5.74, 6) is -2.09. The molecule has 1 aromatic rings. The molecule has 0 heterocycles. The summed E-state index contributed by atoms with van der Waals surface area (Å²) >= 11 is 3.28. The molecular formula is C14H15BrO6. The van der Waals surface area contributed by atoms with Crippen LogP contribution in [0.2, 0.25) is 0 Å². The SMILES string of the molecule is COC(=O)[C@H](OC(C)=O)[C@H](OC(C)=O)c1ccc(Br)cc1. The number of hydrogen-bond donors (Lipinski definition) is 0. The molecule has 6 nitrogen and oxygen atoms in total. The van der Waals surface area contributed by atoms with Crippen LogP contribution in [0.15, 0.2) is 28.7 Å². The standard InChI is InChI=1S/C14H15BrO6/c1-8(16)20-12(10-4-6-11(15)7-5-10)13(14(18)19-3)21-9(2)17/h4-7,12-13H,1-3H3/t12-,13-/m1/s1. The highest BCUT2D eigenvalue weighted by Gasteiger charge is 2.36. The van der Waals surface area contributed by atoms with Gasteiger partial charge in [0.25, 0.3) is 0 Å². The van der Waals surface area contributed by atoms with Crippen LogP contribution in [0.5, 0.6) is 0 Å². The van der Waals surface area contributed by atoms with Crippen LogP contribution >= 0.6 is 15.9 Å². The Morgan fingerprint density at radius 2 is 1.52 bits per heavy atom. The van der Waals surface area contributed by atoms with Crippen molar-refractivity contribution in [2.75, 3.05) is 7.11 Å². The normalized spacial score (nSPS) is 13.0. The number of benzene rings is 1. The molecule has 0 spiro atoms. The second-order valence-electron chi connectivity index (χ2n) is 4.13. The van der Waals surface area contributed by atoms with E-state index in [1.54, 1.807) is 24.3 Å². The summed E-state index contributed by atoms with van der Waals surface area (Å²) in [4.78, 5) is 34.3. The van der Waals surface area contributed by atoms with Crippen LogP contribution in [0.25, 0.3) is 0 Å². The van der Waals surface area contributed by atoms with Crippen molar-refractivity contribution in [1.29, 1.82) is 0 Å². The van der Waals surface area contributed by atoms with E-state index in [1.165, 1.54) is 6.92 Å². The van der Waals surface area contributed by atoms with Gasteiger partial charge in [-0.25, -0.2) is 4.79 Å². The predicted molar refractivity (Wildman–Crippen MR) is 76.2 cm³/mol. The van der Waals surface area contributed by atoms with Crippen molar-refractivity contribution < 1.29 is 28.6 Å². The maximum Gasteiger partial charge on any atom is 0.351 e. The minimum Gasteiger partial charge on any atom is -0.466 e. The van der Waals surface area contributed by atoms with E-state index in [0.29, 0.717) is 5.56 Å². The van der Waals surface area contributed by atoms with E-state index in [-0.39, 0.29) is 0 Å². The van der Waals surface area contributed by atoms with Crippen molar-refractivity contribution in [3.8, 4) is 0 Å². The summed E-state index contributed by atoms with van der Waals surface area (Å²) in [7, 11) is 1.16. The van der Waals surface area contributed by atoms with Gasteiger partial charge in [0.05, 0.1) is 7.11 Å². The Balaban J connectivity index is 3.18. The lowest BCUT2D eigenvalue weighted by molar-refractivity contribution is -0.180. The minimum atomic E-state index is -1.36. The lowest BCUT2D eigenvalue weighted by Crippen LogP contribution is -2.36. The van der Waals surface area contributed by atoms with E-state index in [9.17, 15) is 14.4 Å². The van der Waals surface area contributed by atoms with Crippen LogP contribution in [-0.2, 0) is 28.6 Å². The maximum absolute atomic E-state index is 11.8. The highest BCUT2D eigenvalue weighted by atomic mass is 79.9. The van der Waals surface area contributed by atoms with Gasteiger partial charge >= 0.3 is 17.9 Å². The average molecular weight is 359 g/mol. The van der Waals surface area contributed by atoms with Gasteiger partial charge in [-0.1, -0.05) is 28.1 Å². The largest absolute Gasteiger partial charge is 0.466 e. The molecule has 0 N–H and O–H groups in total. The van der Waals surface area contributed by atoms with Gasteiger partial charge < -0.3 is 14.2 Å². The van der Waals surface area contributed by atoms with Gasteiger partial charge in [-0.05, 0) is 17.7 Å². The third kappa shape index (κ3) is 5.18. The Morgan fingerprint density at radius 3 is 1.95 bits per heavy atom. The monoisotopic (exact) mass is 358 g/mol. The van der Waals surface area contributed by atoms with E-state index in [0.717, 1.165) is 18.5 Å². The molecular weight excluding hydrogens is 344 g/mol. The molecule has 0 aromatic heterocycles. The van der Waals surface area contributed by atoms with Crippen molar-refractivity contribution in [1.82, 2.24) is 0 Å². The van der Waals surface area contributed by atoms with Crippen LogP contribution in [0, 0.1) is 0 Å². The summed E-state index contributed by atoms with van der Waals surface area (Å²) in [5, 5.41) is 0. The summed E-state index contributed by atoms with van der Waals surface area (Å²) < 4.78 is 15.5. The lowest BCUT2D eigenvalue weighted by atomic mass is 10.0. The second kappa shape index (κ2) is 7.78. The van der Waals surface area contributed by atoms with Gasteiger partial charge in [-0.2, -0.15) is 0 Å². The topological polar surface area (TPSA) is 78.9 Å². The highest BCUT2D eigenvalue weighted by molar-refractivity contribution is 9.10. The van der Waals surface area contributed by atoms with E-state index in [2.05, 4.69) is 20.7 Å². The molecule has 0 aliphatic carbocycles. The maximum atomic E-state index is 11.8. The van der Waals surface area contributed by atoms with Gasteiger partial charge in [0, 0.05) is 18.3 Å². The number of carbonyl (C=O) groups is 3. The Kier molecular flexibility index (Phi) is 6.36. The Bertz CT molecular complexity index is 525. The summed E-state index contributed by atoms with van der Waals surface area (Å²) in [6.45, 7) is 2.36. The molecule has 1 rings (SSSR count). The summed E-state index contributed by atoms with van der Waals surface area (Å²) in [5.41, 5.74) is 0.505. The minimum absolute atomic E-state index is 0.505. The number of carbonyl (C=O) groups excluding carboxylic acids is 3. The van der Waals surface area contributed by atoms with Gasteiger partial charge in [0.15, 0.2) is 6.10 Å². The second-order valence-corrected chi connectivity index (χ2v) is 5.05. The van der Waals surface area contributed by atoms with Gasteiger partial charge in [0.2, 0.25) is 6.10 Å². The number of ether oxygens (including phenoxy) is 3. The van der Waals surface area contributed by atoms with E-state index < -0.39 is 30.1 Å². The fourth-order valence-electron chi connectivity index (χ4n) is 1.66. The molecule has 0 fully saturated rings. The van der Waals surface area contributed by atoms with Crippen LogP contribution in [0.4, 0.5) is 0 Å². The quantitative estimate of drug-likeness (QED) is 0.592. The molecule has 0 saturated heterocycles. The summed E-state index contributed by atoms with van der Waals surface area (Å²) in [6, 6.07) is 6.73. The zero-order chi connectivity index (χ0) is 16.0. The predicted octanol–water partition coefficient (Wildman–Crippen LogP) is 2.16. The molecule has 0 bridgehead atoms. The molecule has 0 aliphatic heterocycles. The molecule has 21 heavy (non-hydrogen) atoms. The van der Waals surface area contributed by atoms with Crippen LogP contribution in [-0.4, -0.2) is 31.1 Å². The van der Waals surface area contributed by atoms with E-state index >= 15 is 0 Å². The van der Waals surface area contributed by atoms with Crippen molar-refractivity contribution in [2.24, 2.45) is 0 Å². The molecule has 2 atom stereocenters. The molecule has 0 amide bonds. The first-order valence-corrected chi connectivity index (χ1v) is 6.82. The van der Waals surface area contributed by atoms with Gasteiger partial charge in [0.1, 0.15) is 0 Å². The van der Waals surface area contributed by atoms with Crippen molar-refractivity contribution >= 4 is 33.8 Å². The van der Waals surface area contributed by atoms with Crippen LogP contribution < -0.4 is 0 Å². The first-order chi connectivity index (χ1) is 9.85. The lowest BCUT2D eigenvalue weighted by Gasteiger charge is -2.24. The summed E-state index contributed by atoms with van der Waals surface area (Å²) in [6.07, 6.45) is -2.44. The van der Waals surface area contributed by atoms with E-state index in [1.807, 2.05) is 0 Å². The van der Waals surface area contributed by atoms with Crippen molar-refractivity contribution in [3.63, 3.8) is 0 Å². The zero-order valence-corrected chi connectivity index (χ0v) is 13.4. The molecule has 0 unspecified atom stereocenters. The van der Waals surface area contributed by atoms with Crippen LogP contribution in [0.1, 0.15) is 25.5 Å². The Labute approximate surface area is 130 Å². The third-order valence-electron chi connectivity index (χ3n) is 2.49. The fraction of sp³-hybridized carbons (Fsp3) is 0.357. The third-order valence-corrected chi connectivity index (χ3v) is 3.02. The highest BCUT2D eigenvalue weighted by Crippen LogP contribution is 2.26. The first-order valence-electron chi connectivity index (χ1n) is 6.03. The zero-order valence-electron chi connectivity index (χ0n) is 11.8.